The summed E-state index contributed by atoms with van der Waals surface area (Å²) < 4.78 is 11.2. The van der Waals surface area contributed by atoms with E-state index in [1.165, 1.54) is 0 Å². The van der Waals surface area contributed by atoms with Gasteiger partial charge in [0, 0.05) is 18.7 Å². The van der Waals surface area contributed by atoms with Crippen LogP contribution in [0.2, 0.25) is 0 Å². The van der Waals surface area contributed by atoms with E-state index in [-0.39, 0.29) is 12.6 Å². The molecule has 6 N–H and O–H groups in total. The molecule has 9 heteroatoms. The summed E-state index contributed by atoms with van der Waals surface area (Å²) in [6.45, 7) is 6.85. The topological polar surface area (TPSA) is 137 Å². The molecule has 9 nitrogen and oxygen atoms in total. The summed E-state index contributed by atoms with van der Waals surface area (Å²) in [4.78, 5) is 0. The van der Waals surface area contributed by atoms with Gasteiger partial charge < -0.3 is 25.3 Å². The van der Waals surface area contributed by atoms with Gasteiger partial charge in [-0.25, -0.2) is 0 Å². The largest absolute Gasteiger partial charge is 0.489 e. The van der Waals surface area contributed by atoms with Gasteiger partial charge >= 0.3 is 0 Å². The fraction of sp³-hybridized carbons (Fsp3) is 0.429. The van der Waals surface area contributed by atoms with Crippen LogP contribution in [0.1, 0.15) is 32.8 Å². The van der Waals surface area contributed by atoms with Gasteiger partial charge in [-0.05, 0) is 44.9 Å². The van der Waals surface area contributed by atoms with Crippen LogP contribution in [0, 0.1) is 11.3 Å². The van der Waals surface area contributed by atoms with E-state index in [4.69, 9.17) is 20.6 Å². The number of allylic oxidation sites excluding steroid dienone is 1. The average molecular weight is 415 g/mol. The van der Waals surface area contributed by atoms with Crippen molar-refractivity contribution in [3.8, 4) is 11.8 Å². The van der Waals surface area contributed by atoms with Crippen LogP contribution in [0.15, 0.2) is 52.4 Å². The maximum Gasteiger partial charge on any atom is 0.233 e. The molecule has 0 spiro atoms. The molecule has 0 saturated heterocycles. The molecule has 162 valence electrons. The van der Waals surface area contributed by atoms with E-state index in [9.17, 15) is 5.11 Å². The summed E-state index contributed by atoms with van der Waals surface area (Å²) in [5.74, 6) is 6.47. The van der Waals surface area contributed by atoms with Crippen molar-refractivity contribution in [2.75, 3.05) is 19.8 Å². The van der Waals surface area contributed by atoms with E-state index >= 15 is 0 Å². The molecule has 2 atom stereocenters. The van der Waals surface area contributed by atoms with Crippen molar-refractivity contribution in [3.05, 3.63) is 52.9 Å². The Morgan fingerprint density at radius 2 is 2.10 bits per heavy atom. The number of ether oxygens (including phenoxy) is 2. The van der Waals surface area contributed by atoms with Crippen molar-refractivity contribution in [1.82, 2.24) is 16.2 Å². The van der Waals surface area contributed by atoms with Crippen molar-refractivity contribution in [3.63, 3.8) is 0 Å². The first kappa shape index (κ1) is 23.2. The number of aliphatic hydroxyl groups is 1. The Balaban J connectivity index is 1.68. The van der Waals surface area contributed by atoms with Crippen LogP contribution in [0.25, 0.3) is 0 Å². The average Bonchev–Trinajstić information content (AvgIpc) is 2.76. The summed E-state index contributed by atoms with van der Waals surface area (Å²) in [6.07, 6.45) is 1.77. The van der Waals surface area contributed by atoms with Gasteiger partial charge in [-0.2, -0.15) is 5.26 Å². The van der Waals surface area contributed by atoms with Crippen molar-refractivity contribution in [1.29, 1.82) is 5.26 Å². The number of para-hydroxylation sites is 1. The SMILES string of the molecule is CC(C)=C1NN=C(OCCC(C)NCC(O)COc2ccccc2C#N)C=C1NN. The van der Waals surface area contributed by atoms with Gasteiger partial charge in [0.15, 0.2) is 0 Å². The number of hydrogen-bond acceptors (Lipinski definition) is 9. The zero-order valence-electron chi connectivity index (χ0n) is 17.6. The Bertz CT molecular complexity index is 839. The molecule has 1 aliphatic heterocycles. The van der Waals surface area contributed by atoms with Crippen molar-refractivity contribution in [2.24, 2.45) is 10.9 Å². The number of aliphatic hydroxyl groups excluding tert-OH is 1. The lowest BCUT2D eigenvalue weighted by atomic mass is 10.2. The van der Waals surface area contributed by atoms with Gasteiger partial charge in [0.25, 0.3) is 0 Å². The predicted molar refractivity (Wildman–Crippen MR) is 115 cm³/mol. The number of nitrogens with one attached hydrogen (secondary N) is 3. The minimum absolute atomic E-state index is 0.101. The van der Waals surface area contributed by atoms with Crippen LogP contribution in [-0.2, 0) is 4.74 Å². The van der Waals surface area contributed by atoms with Gasteiger partial charge in [-0.3, -0.25) is 11.3 Å². The van der Waals surface area contributed by atoms with Crippen LogP contribution in [-0.4, -0.2) is 42.9 Å². The highest BCUT2D eigenvalue weighted by molar-refractivity contribution is 5.90. The van der Waals surface area contributed by atoms with Crippen molar-refractivity contribution >= 4 is 5.90 Å². The maximum absolute atomic E-state index is 10.1. The molecule has 0 amide bonds. The molecule has 1 heterocycles. The first-order valence-electron chi connectivity index (χ1n) is 9.80. The Hall–Kier alpha value is -3.06. The molecular formula is C21H30N6O3. The minimum atomic E-state index is -0.698. The number of benzene rings is 1. The normalized spacial score (nSPS) is 15.1. The molecule has 0 bridgehead atoms. The lowest BCUT2D eigenvalue weighted by Crippen LogP contribution is -2.37. The standard InChI is InChI=1S/C21H30N6O3/c1-14(2)21-18(25-23)10-20(26-27-21)29-9-8-15(3)24-12-17(28)13-30-19-7-5-4-6-16(19)11-22/h4-7,10,15,17,24-25,27-28H,8-9,12-13,23H2,1-3H3. The number of nitrogens with two attached hydrogens (primary N) is 1. The fourth-order valence-electron chi connectivity index (χ4n) is 2.68. The Labute approximate surface area is 177 Å². The van der Waals surface area contributed by atoms with E-state index in [1.54, 1.807) is 30.3 Å². The number of nitrogens with zero attached hydrogens (tertiary/aromatic N) is 2. The first-order valence-corrected chi connectivity index (χ1v) is 9.80. The second-order valence-corrected chi connectivity index (χ2v) is 7.16. The van der Waals surface area contributed by atoms with E-state index < -0.39 is 6.10 Å². The number of hydrogen-bond donors (Lipinski definition) is 5. The monoisotopic (exact) mass is 414 g/mol. The fourth-order valence-corrected chi connectivity index (χ4v) is 2.68. The van der Waals surface area contributed by atoms with E-state index in [0.717, 1.165) is 17.7 Å². The molecule has 1 aromatic carbocycles. The number of rotatable bonds is 10. The third kappa shape index (κ3) is 7.08. The van der Waals surface area contributed by atoms with E-state index in [1.807, 2.05) is 20.8 Å². The third-order valence-corrected chi connectivity index (χ3v) is 4.41. The molecule has 2 unspecified atom stereocenters. The molecule has 1 aliphatic rings. The van der Waals surface area contributed by atoms with E-state index in [2.05, 4.69) is 27.3 Å². The number of hydrazine groups is 1. The molecular weight excluding hydrogens is 384 g/mol. The highest BCUT2D eigenvalue weighted by Gasteiger charge is 2.14. The predicted octanol–water partition coefficient (Wildman–Crippen LogP) is 1.24. The molecule has 0 fully saturated rings. The summed E-state index contributed by atoms with van der Waals surface area (Å²) in [6, 6.07) is 9.13. The summed E-state index contributed by atoms with van der Waals surface area (Å²) in [5.41, 5.74) is 8.61. The molecule has 1 aromatic rings. The summed E-state index contributed by atoms with van der Waals surface area (Å²) in [5, 5.41) is 26.6. The molecule has 0 aliphatic carbocycles. The van der Waals surface area contributed by atoms with Crippen LogP contribution in [0.4, 0.5) is 0 Å². The summed E-state index contributed by atoms with van der Waals surface area (Å²) >= 11 is 0. The Kier molecular flexibility index (Phi) is 9.15. The number of hydrazone groups is 1. The molecule has 0 radical (unpaired) electrons. The van der Waals surface area contributed by atoms with Gasteiger partial charge in [-0.1, -0.05) is 12.1 Å². The maximum atomic E-state index is 10.1. The zero-order valence-corrected chi connectivity index (χ0v) is 17.6. The van der Waals surface area contributed by atoms with Crippen LogP contribution in [0.5, 0.6) is 5.75 Å². The van der Waals surface area contributed by atoms with Gasteiger partial charge in [0.05, 0.1) is 23.6 Å². The summed E-state index contributed by atoms with van der Waals surface area (Å²) in [7, 11) is 0. The van der Waals surface area contributed by atoms with Crippen LogP contribution in [0.3, 0.4) is 0 Å². The highest BCUT2D eigenvalue weighted by atomic mass is 16.5. The second kappa shape index (κ2) is 11.8. The Morgan fingerprint density at radius 1 is 1.33 bits per heavy atom. The molecule has 0 aromatic heterocycles. The minimum Gasteiger partial charge on any atom is -0.489 e. The molecule has 0 saturated carbocycles. The lowest BCUT2D eigenvalue weighted by molar-refractivity contribution is 0.103. The quantitative estimate of drug-likeness (QED) is 0.285. The zero-order chi connectivity index (χ0) is 21.9. The van der Waals surface area contributed by atoms with Crippen molar-refractivity contribution in [2.45, 2.75) is 39.3 Å². The molecule has 2 rings (SSSR count). The van der Waals surface area contributed by atoms with Crippen molar-refractivity contribution < 1.29 is 14.6 Å². The van der Waals surface area contributed by atoms with Crippen LogP contribution >= 0.6 is 0 Å². The van der Waals surface area contributed by atoms with Crippen LogP contribution < -0.4 is 26.7 Å². The van der Waals surface area contributed by atoms with Gasteiger partial charge in [0.2, 0.25) is 5.90 Å². The lowest BCUT2D eigenvalue weighted by Gasteiger charge is -2.20. The highest BCUT2D eigenvalue weighted by Crippen LogP contribution is 2.16. The second-order valence-electron chi connectivity index (χ2n) is 7.16. The first-order chi connectivity index (χ1) is 14.4. The van der Waals surface area contributed by atoms with Gasteiger partial charge in [-0.15, -0.1) is 5.10 Å². The Morgan fingerprint density at radius 3 is 2.80 bits per heavy atom. The molecule has 30 heavy (non-hydrogen) atoms. The smallest absolute Gasteiger partial charge is 0.233 e. The number of nitriles is 1. The van der Waals surface area contributed by atoms with Gasteiger partial charge in [0.1, 0.15) is 24.5 Å². The third-order valence-electron chi connectivity index (χ3n) is 4.41. The van der Waals surface area contributed by atoms with E-state index in [0.29, 0.717) is 36.1 Å².